The molecule has 0 fully saturated rings. The molecule has 146 valence electrons. The minimum absolute atomic E-state index is 0.210. The second kappa shape index (κ2) is 9.03. The number of benzene rings is 4. The van der Waals surface area contributed by atoms with Crippen molar-refractivity contribution in [2.24, 2.45) is 0 Å². The first-order valence-corrected chi connectivity index (χ1v) is 12.8. The van der Waals surface area contributed by atoms with Gasteiger partial charge in [-0.2, -0.15) is 0 Å². The van der Waals surface area contributed by atoms with E-state index in [4.69, 9.17) is 0 Å². The number of hydrogen-bond acceptors (Lipinski definition) is 0. The number of aryl methyl sites for hydroxylation is 1. The Balaban J connectivity index is 1.88. The summed E-state index contributed by atoms with van der Waals surface area (Å²) >= 11 is 3.56. The molecule has 0 amide bonds. The van der Waals surface area contributed by atoms with Crippen LogP contribution in [-0.4, -0.2) is 6.16 Å². The third-order valence-electron chi connectivity index (χ3n) is 5.58. The van der Waals surface area contributed by atoms with Crippen LogP contribution in [-0.2, 0) is 6.42 Å². The van der Waals surface area contributed by atoms with E-state index in [9.17, 15) is 4.39 Å². The van der Waals surface area contributed by atoms with Crippen molar-refractivity contribution >= 4 is 39.1 Å². The van der Waals surface area contributed by atoms with Gasteiger partial charge in [0.15, 0.2) is 0 Å². The standard InChI is InChI=1S/C26H23BrFP/c27-26-20-22(28)17-16-21(26)18-19-29(23-10-4-1-5-11-23,24-12-6-2-7-13-24)25-14-8-3-9-15-25/h1-17,20,29H,18-19H2. The van der Waals surface area contributed by atoms with Crippen LogP contribution in [0.4, 0.5) is 4.39 Å². The van der Waals surface area contributed by atoms with E-state index < -0.39 is 7.26 Å². The van der Waals surface area contributed by atoms with Crippen molar-refractivity contribution in [1.82, 2.24) is 0 Å². The van der Waals surface area contributed by atoms with Crippen molar-refractivity contribution in [3.63, 3.8) is 0 Å². The first-order chi connectivity index (χ1) is 14.2. The van der Waals surface area contributed by atoms with Crippen LogP contribution in [0.5, 0.6) is 0 Å². The topological polar surface area (TPSA) is 0 Å². The molecule has 0 atom stereocenters. The Kier molecular flexibility index (Phi) is 6.23. The fourth-order valence-corrected chi connectivity index (χ4v) is 9.49. The van der Waals surface area contributed by atoms with Crippen molar-refractivity contribution < 1.29 is 4.39 Å². The first-order valence-electron chi connectivity index (χ1n) is 9.81. The van der Waals surface area contributed by atoms with Crippen LogP contribution in [0.25, 0.3) is 0 Å². The molecule has 0 radical (unpaired) electrons. The van der Waals surface area contributed by atoms with Crippen molar-refractivity contribution in [2.75, 3.05) is 6.16 Å². The Morgan fingerprint density at radius 1 is 0.621 bits per heavy atom. The molecule has 4 rings (SSSR count). The number of rotatable bonds is 6. The van der Waals surface area contributed by atoms with Crippen molar-refractivity contribution in [3.05, 3.63) is 125 Å². The zero-order chi connectivity index (χ0) is 20.1. The minimum atomic E-state index is -2.26. The molecule has 0 unspecified atom stereocenters. The number of hydrogen-bond donors (Lipinski definition) is 0. The quantitative estimate of drug-likeness (QED) is 0.313. The fraction of sp³-hybridized carbons (Fsp3) is 0.0769. The molecule has 0 N–H and O–H groups in total. The van der Waals surface area contributed by atoms with Gasteiger partial charge in [0, 0.05) is 0 Å². The molecule has 3 heteroatoms. The van der Waals surface area contributed by atoms with Crippen molar-refractivity contribution in [1.29, 1.82) is 0 Å². The third kappa shape index (κ3) is 4.20. The van der Waals surface area contributed by atoms with Crippen molar-refractivity contribution in [2.45, 2.75) is 6.42 Å². The van der Waals surface area contributed by atoms with Gasteiger partial charge in [-0.3, -0.25) is 0 Å². The fourth-order valence-electron chi connectivity index (χ4n) is 4.15. The molecule has 0 saturated heterocycles. The molecular weight excluding hydrogens is 442 g/mol. The molecule has 0 bridgehead atoms. The summed E-state index contributed by atoms with van der Waals surface area (Å²) in [5.41, 5.74) is 1.14. The number of halogens is 2. The van der Waals surface area contributed by atoms with Gasteiger partial charge in [0.05, 0.1) is 0 Å². The summed E-state index contributed by atoms with van der Waals surface area (Å²) in [4.78, 5) is 0. The Morgan fingerprint density at radius 2 is 1.07 bits per heavy atom. The van der Waals surface area contributed by atoms with Crippen LogP contribution in [0.3, 0.4) is 0 Å². The zero-order valence-corrected chi connectivity index (χ0v) is 18.6. The second-order valence-electron chi connectivity index (χ2n) is 7.24. The molecule has 0 aliphatic carbocycles. The van der Waals surface area contributed by atoms with Gasteiger partial charge in [-0.1, -0.05) is 0 Å². The van der Waals surface area contributed by atoms with E-state index in [2.05, 4.69) is 107 Å². The summed E-state index contributed by atoms with van der Waals surface area (Å²) < 4.78 is 14.4. The van der Waals surface area contributed by atoms with E-state index in [0.717, 1.165) is 22.6 Å². The van der Waals surface area contributed by atoms with E-state index in [1.54, 1.807) is 12.1 Å². The Labute approximate surface area is 180 Å². The Bertz CT molecular complexity index is 969. The van der Waals surface area contributed by atoms with E-state index in [0.29, 0.717) is 0 Å². The van der Waals surface area contributed by atoms with Gasteiger partial charge in [-0.05, 0) is 0 Å². The van der Waals surface area contributed by atoms with E-state index in [1.165, 1.54) is 15.9 Å². The molecule has 0 aromatic heterocycles. The molecule has 29 heavy (non-hydrogen) atoms. The van der Waals surface area contributed by atoms with Gasteiger partial charge >= 0.3 is 181 Å². The SMILES string of the molecule is Fc1ccc(CC[PH](c2ccccc2)(c2ccccc2)c2ccccc2)c(Br)c1. The monoisotopic (exact) mass is 464 g/mol. The molecule has 0 saturated carbocycles. The van der Waals surface area contributed by atoms with Crippen LogP contribution in [0.2, 0.25) is 0 Å². The van der Waals surface area contributed by atoms with Gasteiger partial charge in [0.2, 0.25) is 0 Å². The van der Waals surface area contributed by atoms with E-state index in [1.807, 2.05) is 6.07 Å². The molecule has 0 heterocycles. The summed E-state index contributed by atoms with van der Waals surface area (Å²) in [5, 5.41) is 4.20. The van der Waals surface area contributed by atoms with Gasteiger partial charge < -0.3 is 0 Å². The Hall–Kier alpha value is -2.28. The maximum absolute atomic E-state index is 13.6. The predicted molar refractivity (Wildman–Crippen MR) is 129 cm³/mol. The van der Waals surface area contributed by atoms with Crippen LogP contribution < -0.4 is 15.9 Å². The van der Waals surface area contributed by atoms with Gasteiger partial charge in [-0.15, -0.1) is 0 Å². The summed E-state index contributed by atoms with van der Waals surface area (Å²) in [5.74, 6) is -0.210. The average molecular weight is 465 g/mol. The van der Waals surface area contributed by atoms with Crippen LogP contribution in [0.15, 0.2) is 114 Å². The summed E-state index contributed by atoms with van der Waals surface area (Å²) in [6.45, 7) is 0. The van der Waals surface area contributed by atoms with Crippen LogP contribution >= 0.6 is 23.2 Å². The molecular formula is C26H23BrFP. The molecule has 0 aliphatic rings. The summed E-state index contributed by atoms with van der Waals surface area (Å²) in [6.07, 6.45) is 1.89. The van der Waals surface area contributed by atoms with E-state index >= 15 is 0 Å². The summed E-state index contributed by atoms with van der Waals surface area (Å²) in [6, 6.07) is 37.7. The van der Waals surface area contributed by atoms with Gasteiger partial charge in [-0.25, -0.2) is 0 Å². The van der Waals surface area contributed by atoms with Crippen molar-refractivity contribution in [3.8, 4) is 0 Å². The second-order valence-corrected chi connectivity index (χ2v) is 12.1. The molecule has 0 aliphatic heterocycles. The zero-order valence-electron chi connectivity index (χ0n) is 16.1. The maximum atomic E-state index is 13.6. The Morgan fingerprint density at radius 3 is 1.48 bits per heavy atom. The first kappa shape index (κ1) is 20.0. The van der Waals surface area contributed by atoms with Gasteiger partial charge in [0.25, 0.3) is 0 Å². The van der Waals surface area contributed by atoms with E-state index in [-0.39, 0.29) is 5.82 Å². The summed E-state index contributed by atoms with van der Waals surface area (Å²) in [7, 11) is -2.26. The predicted octanol–water partition coefficient (Wildman–Crippen LogP) is 5.86. The normalized spacial score (nSPS) is 11.9. The molecule has 4 aromatic carbocycles. The molecule has 4 aromatic rings. The van der Waals surface area contributed by atoms with Crippen LogP contribution in [0, 0.1) is 5.82 Å². The van der Waals surface area contributed by atoms with Crippen LogP contribution in [0.1, 0.15) is 5.56 Å². The van der Waals surface area contributed by atoms with Gasteiger partial charge in [0.1, 0.15) is 0 Å². The third-order valence-corrected chi connectivity index (χ3v) is 11.3. The average Bonchev–Trinajstić information content (AvgIpc) is 2.78. The molecule has 0 nitrogen and oxygen atoms in total. The molecule has 0 spiro atoms.